The molecule has 0 bridgehead atoms. The third-order valence-electron chi connectivity index (χ3n) is 2.55. The molecule has 0 spiro atoms. The highest BCUT2D eigenvalue weighted by Crippen LogP contribution is 2.32. The lowest BCUT2D eigenvalue weighted by atomic mass is 10.1. The maximum Gasteiger partial charge on any atom is 0.199 e. The lowest BCUT2D eigenvalue weighted by Crippen LogP contribution is -1.89. The average molecular weight is 195 g/mol. The smallest absolute Gasteiger partial charge is 0.199 e. The Morgan fingerprint density at radius 1 is 1.53 bits per heavy atom. The van der Waals surface area contributed by atoms with Crippen molar-refractivity contribution in [1.82, 2.24) is 4.57 Å². The molecular formula is C12H9N3. The second kappa shape index (κ2) is 3.15. The van der Waals surface area contributed by atoms with E-state index in [9.17, 15) is 0 Å². The predicted molar refractivity (Wildman–Crippen MR) is 58.6 cm³/mol. The van der Waals surface area contributed by atoms with Gasteiger partial charge in [-0.1, -0.05) is 0 Å². The summed E-state index contributed by atoms with van der Waals surface area (Å²) < 4.78 is 1.88. The summed E-state index contributed by atoms with van der Waals surface area (Å²) in [7, 11) is 1.88. The van der Waals surface area contributed by atoms with Crippen molar-refractivity contribution < 1.29 is 0 Å². The Morgan fingerprint density at radius 3 is 2.87 bits per heavy atom. The quantitative estimate of drug-likeness (QED) is 0.595. The molecule has 1 aromatic heterocycles. The van der Waals surface area contributed by atoms with Gasteiger partial charge in [0.1, 0.15) is 6.07 Å². The topological polar surface area (TPSA) is 33.1 Å². The molecule has 0 saturated heterocycles. The lowest BCUT2D eigenvalue weighted by Gasteiger charge is -2.03. The number of hydrogen-bond acceptors (Lipinski definition) is 1. The van der Waals surface area contributed by atoms with E-state index in [1.165, 1.54) is 0 Å². The molecule has 0 aliphatic rings. The van der Waals surface area contributed by atoms with Gasteiger partial charge in [0.15, 0.2) is 5.69 Å². The first-order valence-electron chi connectivity index (χ1n) is 4.55. The zero-order valence-electron chi connectivity index (χ0n) is 8.57. The summed E-state index contributed by atoms with van der Waals surface area (Å²) in [5.41, 5.74) is 2.97. The summed E-state index contributed by atoms with van der Waals surface area (Å²) in [5.74, 6) is 0. The van der Waals surface area contributed by atoms with Crippen molar-refractivity contribution in [3.05, 3.63) is 40.9 Å². The van der Waals surface area contributed by atoms with Gasteiger partial charge in [0.05, 0.1) is 17.7 Å². The minimum Gasteiger partial charge on any atom is -0.351 e. The van der Waals surface area contributed by atoms with Gasteiger partial charge in [0.25, 0.3) is 0 Å². The van der Waals surface area contributed by atoms with Gasteiger partial charge in [-0.05, 0) is 24.6 Å². The van der Waals surface area contributed by atoms with Crippen LogP contribution in [-0.4, -0.2) is 4.57 Å². The van der Waals surface area contributed by atoms with Crippen molar-refractivity contribution in [3.63, 3.8) is 0 Å². The van der Waals surface area contributed by atoms with E-state index in [1.54, 1.807) is 6.07 Å². The molecule has 0 N–H and O–H groups in total. The Labute approximate surface area is 88.0 Å². The van der Waals surface area contributed by atoms with E-state index in [0.29, 0.717) is 11.3 Å². The molecule has 0 amide bonds. The molecule has 0 saturated carbocycles. The fourth-order valence-corrected chi connectivity index (χ4v) is 1.86. The Hall–Kier alpha value is -2.26. The van der Waals surface area contributed by atoms with Crippen LogP contribution in [0.3, 0.4) is 0 Å². The zero-order chi connectivity index (χ0) is 11.0. The van der Waals surface area contributed by atoms with Crippen LogP contribution in [0.1, 0.15) is 11.1 Å². The molecule has 0 radical (unpaired) electrons. The van der Waals surface area contributed by atoms with Crippen LogP contribution in [0.25, 0.3) is 15.7 Å². The fourth-order valence-electron chi connectivity index (χ4n) is 1.86. The van der Waals surface area contributed by atoms with Crippen LogP contribution in [0.4, 0.5) is 5.69 Å². The van der Waals surface area contributed by atoms with Gasteiger partial charge in [0, 0.05) is 18.6 Å². The first-order chi connectivity index (χ1) is 7.19. The predicted octanol–water partition coefficient (Wildman–Crippen LogP) is 2.91. The largest absolute Gasteiger partial charge is 0.351 e. The molecular weight excluding hydrogens is 186 g/mol. The van der Waals surface area contributed by atoms with Crippen LogP contribution in [0.5, 0.6) is 0 Å². The highest BCUT2D eigenvalue weighted by Gasteiger charge is 2.11. The number of nitrogens with zero attached hydrogens (tertiary/aromatic N) is 3. The molecule has 0 aliphatic carbocycles. The Kier molecular flexibility index (Phi) is 1.95. The molecule has 1 heterocycles. The molecule has 3 heteroatoms. The van der Waals surface area contributed by atoms with Gasteiger partial charge in [-0.3, -0.25) is 0 Å². The first-order valence-corrected chi connectivity index (χ1v) is 4.55. The number of aryl methyl sites for hydroxylation is 2. The van der Waals surface area contributed by atoms with Crippen molar-refractivity contribution in [1.29, 1.82) is 5.26 Å². The number of rotatable bonds is 0. The summed E-state index contributed by atoms with van der Waals surface area (Å²) in [4.78, 5) is 3.51. The minimum atomic E-state index is 0.627. The van der Waals surface area contributed by atoms with Crippen molar-refractivity contribution in [3.8, 4) is 6.07 Å². The van der Waals surface area contributed by atoms with Crippen LogP contribution < -0.4 is 0 Å². The molecule has 2 aromatic rings. The second-order valence-corrected chi connectivity index (χ2v) is 3.50. The van der Waals surface area contributed by atoms with Gasteiger partial charge < -0.3 is 4.57 Å². The van der Waals surface area contributed by atoms with E-state index >= 15 is 0 Å². The van der Waals surface area contributed by atoms with E-state index in [2.05, 4.69) is 10.9 Å². The molecule has 0 atom stereocenters. The van der Waals surface area contributed by atoms with Gasteiger partial charge in [-0.2, -0.15) is 5.26 Å². The SMILES string of the molecule is [C-]#[N+]c1c(C)cc(C#N)c2c1ccn2C. The number of nitriles is 1. The summed E-state index contributed by atoms with van der Waals surface area (Å²) in [6.07, 6.45) is 1.87. The summed E-state index contributed by atoms with van der Waals surface area (Å²) in [6.45, 7) is 9.00. The van der Waals surface area contributed by atoms with Crippen LogP contribution in [0, 0.1) is 24.8 Å². The van der Waals surface area contributed by atoms with Crippen LogP contribution in [0.2, 0.25) is 0 Å². The van der Waals surface area contributed by atoms with Gasteiger partial charge >= 0.3 is 0 Å². The van der Waals surface area contributed by atoms with E-state index in [1.807, 2.05) is 30.8 Å². The van der Waals surface area contributed by atoms with Crippen LogP contribution in [0.15, 0.2) is 18.3 Å². The summed E-state index contributed by atoms with van der Waals surface area (Å²) in [6, 6.07) is 5.82. The van der Waals surface area contributed by atoms with E-state index < -0.39 is 0 Å². The van der Waals surface area contributed by atoms with Crippen LogP contribution in [-0.2, 0) is 7.05 Å². The summed E-state index contributed by atoms with van der Waals surface area (Å²) in [5, 5.41) is 9.89. The highest BCUT2D eigenvalue weighted by atomic mass is 14.9. The maximum absolute atomic E-state index is 9.03. The normalized spacial score (nSPS) is 9.87. The van der Waals surface area contributed by atoms with Crippen molar-refractivity contribution in [2.45, 2.75) is 6.92 Å². The molecule has 1 aromatic carbocycles. The number of fused-ring (bicyclic) bond motifs is 1. The molecule has 15 heavy (non-hydrogen) atoms. The number of aromatic nitrogens is 1. The Morgan fingerprint density at radius 2 is 2.27 bits per heavy atom. The molecule has 2 rings (SSSR count). The van der Waals surface area contributed by atoms with Gasteiger partial charge in [0.2, 0.25) is 0 Å². The molecule has 0 aliphatic heterocycles. The minimum absolute atomic E-state index is 0.627. The highest BCUT2D eigenvalue weighted by molar-refractivity contribution is 5.98. The van der Waals surface area contributed by atoms with E-state index in [0.717, 1.165) is 16.5 Å². The standard InChI is InChI=1S/C12H9N3/c1-8-6-9(7-13)12-10(11(8)14-2)4-5-15(12)3/h4-6H,1,3H3. The number of benzene rings is 1. The maximum atomic E-state index is 9.03. The van der Waals surface area contributed by atoms with Crippen molar-refractivity contribution in [2.75, 3.05) is 0 Å². The van der Waals surface area contributed by atoms with Crippen LogP contribution >= 0.6 is 0 Å². The molecule has 3 nitrogen and oxygen atoms in total. The second-order valence-electron chi connectivity index (χ2n) is 3.50. The van der Waals surface area contributed by atoms with Gasteiger partial charge in [-0.25, -0.2) is 4.85 Å². The zero-order valence-corrected chi connectivity index (χ0v) is 8.57. The Balaban J connectivity index is 3.04. The van der Waals surface area contributed by atoms with Gasteiger partial charge in [-0.15, -0.1) is 0 Å². The van der Waals surface area contributed by atoms with Crippen molar-refractivity contribution in [2.24, 2.45) is 7.05 Å². The molecule has 0 fully saturated rings. The number of hydrogen-bond donors (Lipinski definition) is 0. The average Bonchev–Trinajstić information content (AvgIpc) is 2.60. The molecule has 72 valence electrons. The Bertz CT molecular complexity index is 621. The third kappa shape index (κ3) is 1.18. The monoisotopic (exact) mass is 195 g/mol. The lowest BCUT2D eigenvalue weighted by molar-refractivity contribution is 0.967. The first kappa shape index (κ1) is 9.30. The third-order valence-corrected chi connectivity index (χ3v) is 2.55. The summed E-state index contributed by atoms with van der Waals surface area (Å²) >= 11 is 0. The molecule has 0 unspecified atom stereocenters. The van der Waals surface area contributed by atoms with E-state index in [-0.39, 0.29) is 0 Å². The van der Waals surface area contributed by atoms with E-state index in [4.69, 9.17) is 11.8 Å². The van der Waals surface area contributed by atoms with Crippen molar-refractivity contribution >= 4 is 16.6 Å². The fraction of sp³-hybridized carbons (Fsp3) is 0.167.